The van der Waals surface area contributed by atoms with Gasteiger partial charge in [-0.2, -0.15) is 0 Å². The Hall–Kier alpha value is -1.48. The lowest BCUT2D eigenvalue weighted by atomic mass is 10.1. The second kappa shape index (κ2) is 4.41. The van der Waals surface area contributed by atoms with Crippen LogP contribution in [0.15, 0.2) is 42.5 Å². The molecule has 0 spiro atoms. The van der Waals surface area contributed by atoms with E-state index in [0.717, 1.165) is 18.4 Å². The Morgan fingerprint density at radius 1 is 1.33 bits per heavy atom. The SMILES string of the molecule is C#CC(=C)CCc1ccccc1. The van der Waals surface area contributed by atoms with Gasteiger partial charge in [0.25, 0.3) is 0 Å². The number of allylic oxidation sites excluding steroid dienone is 1. The monoisotopic (exact) mass is 156 g/mol. The number of benzene rings is 1. The minimum absolute atomic E-state index is 0.874. The second-order valence-electron chi connectivity index (χ2n) is 2.73. The van der Waals surface area contributed by atoms with Crippen molar-refractivity contribution in [2.45, 2.75) is 12.8 Å². The van der Waals surface area contributed by atoms with Crippen LogP contribution in [-0.2, 0) is 6.42 Å². The van der Waals surface area contributed by atoms with Gasteiger partial charge in [-0.15, -0.1) is 6.42 Å². The third-order valence-electron chi connectivity index (χ3n) is 1.76. The van der Waals surface area contributed by atoms with Gasteiger partial charge in [-0.3, -0.25) is 0 Å². The maximum atomic E-state index is 5.19. The fraction of sp³-hybridized carbons (Fsp3) is 0.167. The molecule has 0 fully saturated rings. The van der Waals surface area contributed by atoms with E-state index in [4.69, 9.17) is 6.42 Å². The maximum Gasteiger partial charge on any atom is -0.00509 e. The molecule has 0 nitrogen and oxygen atoms in total. The predicted octanol–water partition coefficient (Wildman–Crippen LogP) is 2.81. The van der Waals surface area contributed by atoms with Crippen LogP contribution >= 0.6 is 0 Å². The average Bonchev–Trinajstić information content (AvgIpc) is 2.16. The molecule has 0 radical (unpaired) electrons. The molecular formula is C12H12. The van der Waals surface area contributed by atoms with Gasteiger partial charge in [0.2, 0.25) is 0 Å². The fourth-order valence-corrected chi connectivity index (χ4v) is 1.01. The predicted molar refractivity (Wildman–Crippen MR) is 52.7 cm³/mol. The first-order valence-corrected chi connectivity index (χ1v) is 4.01. The summed E-state index contributed by atoms with van der Waals surface area (Å²) in [6.45, 7) is 3.75. The average molecular weight is 156 g/mol. The van der Waals surface area contributed by atoms with Crippen molar-refractivity contribution in [3.05, 3.63) is 48.0 Å². The van der Waals surface area contributed by atoms with E-state index in [2.05, 4.69) is 24.6 Å². The lowest BCUT2D eigenvalue weighted by molar-refractivity contribution is 0.976. The molecule has 0 amide bonds. The molecule has 0 unspecified atom stereocenters. The molecule has 0 aliphatic carbocycles. The lowest BCUT2D eigenvalue weighted by Crippen LogP contribution is -1.85. The third kappa shape index (κ3) is 2.64. The van der Waals surface area contributed by atoms with E-state index in [0.29, 0.717) is 0 Å². The van der Waals surface area contributed by atoms with Crippen molar-refractivity contribution in [2.24, 2.45) is 0 Å². The molecule has 1 aromatic carbocycles. The van der Waals surface area contributed by atoms with E-state index >= 15 is 0 Å². The molecule has 0 saturated heterocycles. The van der Waals surface area contributed by atoms with Crippen LogP contribution in [0.5, 0.6) is 0 Å². The van der Waals surface area contributed by atoms with Crippen LogP contribution in [0.25, 0.3) is 0 Å². The van der Waals surface area contributed by atoms with E-state index in [9.17, 15) is 0 Å². The molecule has 0 aliphatic heterocycles. The minimum Gasteiger partial charge on any atom is -0.115 e. The van der Waals surface area contributed by atoms with E-state index < -0.39 is 0 Å². The number of aryl methyl sites for hydroxylation is 1. The summed E-state index contributed by atoms with van der Waals surface area (Å²) in [7, 11) is 0. The third-order valence-corrected chi connectivity index (χ3v) is 1.76. The molecule has 0 saturated carbocycles. The van der Waals surface area contributed by atoms with Crippen LogP contribution in [-0.4, -0.2) is 0 Å². The summed E-state index contributed by atoms with van der Waals surface area (Å²) in [5.41, 5.74) is 2.19. The van der Waals surface area contributed by atoms with E-state index in [1.807, 2.05) is 18.2 Å². The van der Waals surface area contributed by atoms with Crippen LogP contribution in [0.4, 0.5) is 0 Å². The largest absolute Gasteiger partial charge is 0.115 e. The zero-order chi connectivity index (χ0) is 8.81. The van der Waals surface area contributed by atoms with Crippen LogP contribution in [0.1, 0.15) is 12.0 Å². The topological polar surface area (TPSA) is 0 Å². The quantitative estimate of drug-likeness (QED) is 0.590. The van der Waals surface area contributed by atoms with Crippen LogP contribution < -0.4 is 0 Å². The zero-order valence-electron chi connectivity index (χ0n) is 7.09. The van der Waals surface area contributed by atoms with Crippen molar-refractivity contribution >= 4 is 0 Å². The Kier molecular flexibility index (Phi) is 3.17. The highest BCUT2D eigenvalue weighted by molar-refractivity contribution is 5.24. The highest BCUT2D eigenvalue weighted by Gasteiger charge is 1.92. The number of hydrogen-bond donors (Lipinski definition) is 0. The van der Waals surface area contributed by atoms with Crippen molar-refractivity contribution in [3.8, 4) is 12.3 Å². The molecular weight excluding hydrogens is 144 g/mol. The van der Waals surface area contributed by atoms with Gasteiger partial charge in [0.1, 0.15) is 0 Å². The van der Waals surface area contributed by atoms with Crippen molar-refractivity contribution in [1.82, 2.24) is 0 Å². The van der Waals surface area contributed by atoms with Crippen molar-refractivity contribution < 1.29 is 0 Å². The van der Waals surface area contributed by atoms with Gasteiger partial charge in [0.05, 0.1) is 0 Å². The molecule has 0 heterocycles. The highest BCUT2D eigenvalue weighted by atomic mass is 14.0. The molecule has 12 heavy (non-hydrogen) atoms. The van der Waals surface area contributed by atoms with Crippen molar-refractivity contribution in [2.75, 3.05) is 0 Å². The van der Waals surface area contributed by atoms with Gasteiger partial charge in [-0.1, -0.05) is 42.8 Å². The van der Waals surface area contributed by atoms with E-state index in [1.54, 1.807) is 0 Å². The van der Waals surface area contributed by atoms with Crippen molar-refractivity contribution in [1.29, 1.82) is 0 Å². The summed E-state index contributed by atoms with van der Waals surface area (Å²) >= 11 is 0. The zero-order valence-corrected chi connectivity index (χ0v) is 7.09. The van der Waals surface area contributed by atoms with E-state index in [-0.39, 0.29) is 0 Å². The van der Waals surface area contributed by atoms with Crippen LogP contribution in [0.2, 0.25) is 0 Å². The Labute approximate surface area is 73.9 Å². The molecule has 0 N–H and O–H groups in total. The van der Waals surface area contributed by atoms with Gasteiger partial charge < -0.3 is 0 Å². The Morgan fingerprint density at radius 3 is 2.58 bits per heavy atom. The molecule has 0 aromatic heterocycles. The van der Waals surface area contributed by atoms with Gasteiger partial charge in [-0.25, -0.2) is 0 Å². The van der Waals surface area contributed by atoms with Gasteiger partial charge in [-0.05, 0) is 24.0 Å². The summed E-state index contributed by atoms with van der Waals surface area (Å²) in [4.78, 5) is 0. The van der Waals surface area contributed by atoms with E-state index in [1.165, 1.54) is 5.56 Å². The molecule has 60 valence electrons. The molecule has 1 aromatic rings. The standard InChI is InChI=1S/C12H12/c1-3-11(2)9-10-12-7-5-4-6-8-12/h1,4-8H,2,9-10H2. The second-order valence-corrected chi connectivity index (χ2v) is 2.73. The first-order valence-electron chi connectivity index (χ1n) is 4.01. The smallest absolute Gasteiger partial charge is 0.00509 e. The summed E-state index contributed by atoms with van der Waals surface area (Å²) in [6.07, 6.45) is 7.07. The van der Waals surface area contributed by atoms with Crippen molar-refractivity contribution in [3.63, 3.8) is 0 Å². The molecule has 1 rings (SSSR count). The summed E-state index contributed by atoms with van der Waals surface area (Å²) in [5, 5.41) is 0. The summed E-state index contributed by atoms with van der Waals surface area (Å²) in [6, 6.07) is 10.3. The first-order chi connectivity index (χ1) is 5.83. The lowest BCUT2D eigenvalue weighted by Gasteiger charge is -1.98. The Morgan fingerprint density at radius 2 is 2.00 bits per heavy atom. The summed E-state index contributed by atoms with van der Waals surface area (Å²) < 4.78 is 0. The Bertz CT molecular complexity index is 288. The van der Waals surface area contributed by atoms with Gasteiger partial charge in [0.15, 0.2) is 0 Å². The van der Waals surface area contributed by atoms with Crippen LogP contribution in [0.3, 0.4) is 0 Å². The number of terminal acetylenes is 1. The summed E-state index contributed by atoms with van der Waals surface area (Å²) in [5.74, 6) is 2.54. The molecule has 0 heteroatoms. The first kappa shape index (κ1) is 8.62. The normalized spacial score (nSPS) is 8.92. The molecule has 0 bridgehead atoms. The highest BCUT2D eigenvalue weighted by Crippen LogP contribution is 2.06. The maximum absolute atomic E-state index is 5.19. The van der Waals surface area contributed by atoms with Crippen LogP contribution in [0, 0.1) is 12.3 Å². The van der Waals surface area contributed by atoms with Gasteiger partial charge >= 0.3 is 0 Å². The number of rotatable bonds is 3. The fourth-order valence-electron chi connectivity index (χ4n) is 1.01. The molecule has 0 atom stereocenters. The van der Waals surface area contributed by atoms with Gasteiger partial charge in [0, 0.05) is 0 Å². The Balaban J connectivity index is 2.45. The molecule has 0 aliphatic rings. The minimum atomic E-state index is 0.874. The number of hydrogen-bond acceptors (Lipinski definition) is 0.